The molecule has 2 atom stereocenters. The van der Waals surface area contributed by atoms with Gasteiger partial charge in [0.05, 0.1) is 5.92 Å². The van der Waals surface area contributed by atoms with Gasteiger partial charge in [0.2, 0.25) is 5.91 Å². The van der Waals surface area contributed by atoms with Crippen molar-refractivity contribution >= 4 is 5.91 Å². The Morgan fingerprint density at radius 2 is 2.10 bits per heavy atom. The molecule has 1 aliphatic carbocycles. The van der Waals surface area contributed by atoms with Crippen molar-refractivity contribution in [2.45, 2.75) is 31.7 Å². The lowest BCUT2D eigenvalue weighted by Crippen LogP contribution is -2.59. The van der Waals surface area contributed by atoms with Crippen LogP contribution in [0.3, 0.4) is 0 Å². The molecule has 1 amide bonds. The molecule has 2 rings (SSSR count). The van der Waals surface area contributed by atoms with E-state index in [-0.39, 0.29) is 0 Å². The van der Waals surface area contributed by atoms with Gasteiger partial charge in [-0.1, -0.05) is 12.8 Å². The first-order valence-corrected chi connectivity index (χ1v) is 4.07. The average molecular weight is 139 g/mol. The van der Waals surface area contributed by atoms with Crippen LogP contribution in [0, 0.1) is 5.92 Å². The van der Waals surface area contributed by atoms with E-state index < -0.39 is 0 Å². The third-order valence-corrected chi connectivity index (χ3v) is 2.89. The number of likely N-dealkylation sites (tertiary alicyclic amines) is 1. The minimum absolute atomic E-state index is 0.379. The molecule has 1 heterocycles. The molecule has 0 bridgehead atoms. The molecule has 2 heteroatoms. The predicted molar refractivity (Wildman–Crippen MR) is 38.5 cm³/mol. The van der Waals surface area contributed by atoms with Gasteiger partial charge in [0, 0.05) is 13.1 Å². The lowest BCUT2D eigenvalue weighted by atomic mass is 9.76. The van der Waals surface area contributed by atoms with Gasteiger partial charge in [-0.3, -0.25) is 4.79 Å². The molecule has 0 spiro atoms. The molecule has 0 N–H and O–H groups in total. The molecule has 0 radical (unpaired) electrons. The van der Waals surface area contributed by atoms with Gasteiger partial charge in [0.1, 0.15) is 0 Å². The summed E-state index contributed by atoms with van der Waals surface area (Å²) in [6.45, 7) is 0. The maximum Gasteiger partial charge on any atom is 0.227 e. The summed E-state index contributed by atoms with van der Waals surface area (Å²) in [7, 11) is 1.93. The van der Waals surface area contributed by atoms with E-state index in [1.54, 1.807) is 0 Å². The molecule has 0 aromatic rings. The molecule has 2 aliphatic rings. The Kier molecular flexibility index (Phi) is 1.22. The van der Waals surface area contributed by atoms with Crippen molar-refractivity contribution in [3.8, 4) is 0 Å². The Hall–Kier alpha value is -0.530. The van der Waals surface area contributed by atoms with Crippen LogP contribution >= 0.6 is 0 Å². The highest BCUT2D eigenvalue weighted by Crippen LogP contribution is 2.36. The molecule has 0 aromatic carbocycles. The van der Waals surface area contributed by atoms with Crippen LogP contribution in [0.15, 0.2) is 0 Å². The molecule has 2 unspecified atom stereocenters. The summed E-state index contributed by atoms with van der Waals surface area (Å²) in [5.74, 6) is 0.795. The minimum Gasteiger partial charge on any atom is -0.342 e. The number of amides is 1. The zero-order chi connectivity index (χ0) is 7.14. The third kappa shape index (κ3) is 0.619. The highest BCUT2D eigenvalue weighted by Gasteiger charge is 2.45. The summed E-state index contributed by atoms with van der Waals surface area (Å²) >= 11 is 0. The average Bonchev–Trinajstić information content (AvgIpc) is 2.03. The molecule has 2 fully saturated rings. The summed E-state index contributed by atoms with van der Waals surface area (Å²) in [4.78, 5) is 13.0. The Labute approximate surface area is 61.2 Å². The van der Waals surface area contributed by atoms with Crippen molar-refractivity contribution in [3.05, 3.63) is 0 Å². The number of β-lactam (4-membered cyclic amide) rings is 1. The van der Waals surface area contributed by atoms with Gasteiger partial charge in [-0.15, -0.1) is 0 Å². The lowest BCUT2D eigenvalue weighted by molar-refractivity contribution is -0.156. The number of rotatable bonds is 0. The Morgan fingerprint density at radius 1 is 1.40 bits per heavy atom. The van der Waals surface area contributed by atoms with Crippen LogP contribution in [0.4, 0.5) is 0 Å². The van der Waals surface area contributed by atoms with E-state index in [2.05, 4.69) is 0 Å². The van der Waals surface area contributed by atoms with Gasteiger partial charge in [-0.25, -0.2) is 0 Å². The fourth-order valence-corrected chi connectivity index (χ4v) is 2.21. The second-order valence-corrected chi connectivity index (χ2v) is 3.41. The predicted octanol–water partition coefficient (Wildman–Crippen LogP) is 1.02. The smallest absolute Gasteiger partial charge is 0.227 e. The summed E-state index contributed by atoms with van der Waals surface area (Å²) in [5.41, 5.74) is 0. The Balaban J connectivity index is 2.06. The molecular weight excluding hydrogens is 126 g/mol. The van der Waals surface area contributed by atoms with Gasteiger partial charge in [-0.05, 0) is 12.8 Å². The van der Waals surface area contributed by atoms with Gasteiger partial charge >= 0.3 is 0 Å². The number of carbonyl (C=O) groups excluding carboxylic acids is 1. The molecular formula is C8H13NO. The monoisotopic (exact) mass is 139 g/mol. The largest absolute Gasteiger partial charge is 0.342 e. The van der Waals surface area contributed by atoms with Crippen molar-refractivity contribution in [2.24, 2.45) is 5.92 Å². The normalized spacial score (nSPS) is 38.9. The van der Waals surface area contributed by atoms with Gasteiger partial charge < -0.3 is 4.90 Å². The first-order valence-electron chi connectivity index (χ1n) is 4.07. The first kappa shape index (κ1) is 6.20. The zero-order valence-corrected chi connectivity index (χ0v) is 6.34. The zero-order valence-electron chi connectivity index (χ0n) is 6.34. The Morgan fingerprint density at radius 3 is 2.80 bits per heavy atom. The summed E-state index contributed by atoms with van der Waals surface area (Å²) in [5, 5.41) is 0. The number of hydrogen-bond acceptors (Lipinski definition) is 1. The fourth-order valence-electron chi connectivity index (χ4n) is 2.21. The number of carbonyl (C=O) groups is 1. The van der Waals surface area contributed by atoms with Crippen LogP contribution in [-0.4, -0.2) is 23.9 Å². The number of fused-ring (bicyclic) bond motifs is 1. The van der Waals surface area contributed by atoms with Crippen molar-refractivity contribution in [2.75, 3.05) is 7.05 Å². The second kappa shape index (κ2) is 1.97. The van der Waals surface area contributed by atoms with Crippen LogP contribution in [-0.2, 0) is 4.79 Å². The lowest BCUT2D eigenvalue weighted by Gasteiger charge is -2.47. The SMILES string of the molecule is CN1C(=O)C2CCCCC21. The molecule has 2 nitrogen and oxygen atoms in total. The highest BCUT2D eigenvalue weighted by atomic mass is 16.2. The van der Waals surface area contributed by atoms with Gasteiger partial charge in [0.25, 0.3) is 0 Å². The highest BCUT2D eigenvalue weighted by molar-refractivity contribution is 5.85. The fraction of sp³-hybridized carbons (Fsp3) is 0.875. The second-order valence-electron chi connectivity index (χ2n) is 3.41. The van der Waals surface area contributed by atoms with Crippen LogP contribution < -0.4 is 0 Å². The molecule has 1 aliphatic heterocycles. The van der Waals surface area contributed by atoms with E-state index in [1.807, 2.05) is 11.9 Å². The summed E-state index contributed by atoms with van der Waals surface area (Å²) in [6, 6.07) is 0.612. The van der Waals surface area contributed by atoms with Crippen LogP contribution in [0.25, 0.3) is 0 Å². The third-order valence-electron chi connectivity index (χ3n) is 2.89. The summed E-state index contributed by atoms with van der Waals surface area (Å²) < 4.78 is 0. The minimum atomic E-state index is 0.379. The van der Waals surface area contributed by atoms with E-state index in [9.17, 15) is 4.79 Å². The quantitative estimate of drug-likeness (QED) is 0.459. The van der Waals surface area contributed by atoms with Crippen LogP contribution in [0.5, 0.6) is 0 Å². The topological polar surface area (TPSA) is 20.3 Å². The van der Waals surface area contributed by atoms with E-state index in [1.165, 1.54) is 19.3 Å². The molecule has 0 aromatic heterocycles. The van der Waals surface area contributed by atoms with Gasteiger partial charge in [0.15, 0.2) is 0 Å². The van der Waals surface area contributed by atoms with E-state index in [4.69, 9.17) is 0 Å². The van der Waals surface area contributed by atoms with Crippen molar-refractivity contribution in [1.29, 1.82) is 0 Å². The standard InChI is InChI=1S/C8H13NO/c1-9-7-5-3-2-4-6(7)8(9)10/h6-7H,2-5H2,1H3. The molecule has 56 valence electrons. The van der Waals surface area contributed by atoms with Crippen molar-refractivity contribution in [1.82, 2.24) is 4.90 Å². The molecule has 1 saturated carbocycles. The van der Waals surface area contributed by atoms with Crippen LogP contribution in [0.2, 0.25) is 0 Å². The van der Waals surface area contributed by atoms with Crippen molar-refractivity contribution in [3.63, 3.8) is 0 Å². The molecule has 10 heavy (non-hydrogen) atoms. The maximum absolute atomic E-state index is 11.1. The number of hydrogen-bond donors (Lipinski definition) is 0. The van der Waals surface area contributed by atoms with E-state index >= 15 is 0 Å². The number of nitrogens with zero attached hydrogens (tertiary/aromatic N) is 1. The maximum atomic E-state index is 11.1. The molecule has 1 saturated heterocycles. The summed E-state index contributed by atoms with van der Waals surface area (Å²) in [6.07, 6.45) is 4.97. The van der Waals surface area contributed by atoms with Gasteiger partial charge in [-0.2, -0.15) is 0 Å². The first-order chi connectivity index (χ1) is 4.80. The van der Waals surface area contributed by atoms with E-state index in [0.29, 0.717) is 17.9 Å². The van der Waals surface area contributed by atoms with Crippen molar-refractivity contribution < 1.29 is 4.79 Å². The van der Waals surface area contributed by atoms with E-state index in [0.717, 1.165) is 6.42 Å². The van der Waals surface area contributed by atoms with Crippen LogP contribution in [0.1, 0.15) is 25.7 Å². The Bertz CT molecular complexity index is 167.